The summed E-state index contributed by atoms with van der Waals surface area (Å²) in [5.41, 5.74) is 0. The van der Waals surface area contributed by atoms with Crippen molar-refractivity contribution in [2.45, 2.75) is 33.1 Å². The Morgan fingerprint density at radius 3 is 2.38 bits per heavy atom. The molecule has 2 fully saturated rings. The number of fused-ring (bicyclic) bond motifs is 1. The number of ketones is 1. The molecule has 0 bridgehead atoms. The van der Waals surface area contributed by atoms with Gasteiger partial charge in [-0.05, 0) is 37.3 Å². The average molecular weight is 305 g/mol. The topological polar surface area (TPSA) is 54.5 Å². The van der Waals surface area contributed by atoms with E-state index in [0.29, 0.717) is 10.8 Å². The van der Waals surface area contributed by atoms with Gasteiger partial charge >= 0.3 is 0 Å². The van der Waals surface area contributed by atoms with Crippen LogP contribution in [0.3, 0.4) is 0 Å². The third-order valence-electron chi connectivity index (χ3n) is 4.55. The number of Topliss-reactive ketones (excluding diaryl/α,β-unsaturated/α-hetero) is 1. The molecule has 1 aliphatic carbocycles. The van der Waals surface area contributed by atoms with E-state index in [9.17, 15) is 14.4 Å². The van der Waals surface area contributed by atoms with Crippen molar-refractivity contribution in [2.24, 2.45) is 17.8 Å². The molecule has 0 radical (unpaired) electrons. The second kappa shape index (κ2) is 5.37. The Labute approximate surface area is 128 Å². The van der Waals surface area contributed by atoms with Crippen LogP contribution in [0.4, 0.5) is 0 Å². The van der Waals surface area contributed by atoms with E-state index in [4.69, 9.17) is 0 Å². The Hall–Kier alpha value is -1.49. The minimum absolute atomic E-state index is 0.0945. The number of aryl methyl sites for hydroxylation is 1. The van der Waals surface area contributed by atoms with Crippen molar-refractivity contribution < 1.29 is 14.4 Å². The zero-order valence-electron chi connectivity index (χ0n) is 12.3. The first kappa shape index (κ1) is 14.4. The van der Waals surface area contributed by atoms with Gasteiger partial charge in [-0.25, -0.2) is 0 Å². The highest BCUT2D eigenvalue weighted by atomic mass is 32.1. The Balaban J connectivity index is 1.72. The minimum atomic E-state index is -0.185. The monoisotopic (exact) mass is 305 g/mol. The molecule has 2 aliphatic rings. The molecular formula is C16H19NO3S. The maximum absolute atomic E-state index is 12.3. The van der Waals surface area contributed by atoms with Crippen molar-refractivity contribution in [1.82, 2.24) is 4.90 Å². The molecule has 4 nitrogen and oxygen atoms in total. The molecule has 2 amide bonds. The molecule has 5 heteroatoms. The molecule has 2 heterocycles. The van der Waals surface area contributed by atoms with Crippen molar-refractivity contribution >= 4 is 28.9 Å². The van der Waals surface area contributed by atoms with Crippen LogP contribution in [0.5, 0.6) is 0 Å². The number of hydrogen-bond donors (Lipinski definition) is 0. The summed E-state index contributed by atoms with van der Waals surface area (Å²) in [4.78, 5) is 39.9. The number of hydrogen-bond acceptors (Lipinski definition) is 4. The van der Waals surface area contributed by atoms with Gasteiger partial charge in [0.2, 0.25) is 11.8 Å². The third kappa shape index (κ3) is 2.44. The van der Waals surface area contributed by atoms with Crippen LogP contribution >= 0.6 is 11.3 Å². The SMILES string of the molecule is CCc1ccc(C(=O)CN2C(=O)C3CC(C)CC3C2=O)s1. The van der Waals surface area contributed by atoms with Gasteiger partial charge in [-0.15, -0.1) is 11.3 Å². The van der Waals surface area contributed by atoms with Crippen molar-refractivity contribution in [2.75, 3.05) is 6.54 Å². The van der Waals surface area contributed by atoms with Crippen LogP contribution in [0.2, 0.25) is 0 Å². The fourth-order valence-corrected chi connectivity index (χ4v) is 4.32. The standard InChI is InChI=1S/C16H19NO3S/c1-3-10-4-5-14(21-10)13(18)8-17-15(19)11-6-9(2)7-12(11)16(17)20/h4-5,9,11-12H,3,6-8H2,1-2H3. The Kier molecular flexibility index (Phi) is 3.69. The Morgan fingerprint density at radius 2 is 1.86 bits per heavy atom. The molecule has 112 valence electrons. The highest BCUT2D eigenvalue weighted by molar-refractivity contribution is 7.14. The van der Waals surface area contributed by atoms with Gasteiger partial charge in [0.1, 0.15) is 0 Å². The van der Waals surface area contributed by atoms with E-state index in [1.165, 1.54) is 16.2 Å². The molecule has 0 N–H and O–H groups in total. The van der Waals surface area contributed by atoms with Gasteiger partial charge in [-0.1, -0.05) is 13.8 Å². The summed E-state index contributed by atoms with van der Waals surface area (Å²) in [5.74, 6) is -0.362. The van der Waals surface area contributed by atoms with Crippen LogP contribution in [0.25, 0.3) is 0 Å². The van der Waals surface area contributed by atoms with Gasteiger partial charge in [-0.2, -0.15) is 0 Å². The molecule has 21 heavy (non-hydrogen) atoms. The molecule has 0 spiro atoms. The molecule has 1 saturated carbocycles. The molecule has 2 unspecified atom stereocenters. The zero-order valence-corrected chi connectivity index (χ0v) is 13.1. The smallest absolute Gasteiger partial charge is 0.233 e. The molecule has 3 rings (SSSR count). The van der Waals surface area contributed by atoms with Crippen LogP contribution in [0.1, 0.15) is 41.2 Å². The maximum atomic E-state index is 12.3. The first-order valence-electron chi connectivity index (χ1n) is 7.48. The van der Waals surface area contributed by atoms with Crippen LogP contribution in [0, 0.1) is 17.8 Å². The van der Waals surface area contributed by atoms with Gasteiger partial charge in [-0.3, -0.25) is 19.3 Å². The van der Waals surface area contributed by atoms with E-state index in [1.807, 2.05) is 13.0 Å². The van der Waals surface area contributed by atoms with Crippen molar-refractivity contribution in [3.8, 4) is 0 Å². The molecule has 0 aromatic carbocycles. The summed E-state index contributed by atoms with van der Waals surface area (Å²) in [7, 11) is 0. The lowest BCUT2D eigenvalue weighted by atomic mass is 10.00. The number of carbonyl (C=O) groups excluding carboxylic acids is 3. The highest BCUT2D eigenvalue weighted by Crippen LogP contribution is 2.42. The maximum Gasteiger partial charge on any atom is 0.233 e. The predicted octanol–water partition coefficient (Wildman–Crippen LogP) is 2.52. The van der Waals surface area contributed by atoms with E-state index in [-0.39, 0.29) is 36.0 Å². The van der Waals surface area contributed by atoms with Crippen molar-refractivity contribution in [3.63, 3.8) is 0 Å². The van der Waals surface area contributed by atoms with E-state index in [0.717, 1.165) is 24.1 Å². The summed E-state index contributed by atoms with van der Waals surface area (Å²) in [6.45, 7) is 4.02. The quantitative estimate of drug-likeness (QED) is 0.634. The van der Waals surface area contributed by atoms with Gasteiger partial charge < -0.3 is 0 Å². The Morgan fingerprint density at radius 1 is 1.24 bits per heavy atom. The number of nitrogens with zero attached hydrogens (tertiary/aromatic N) is 1. The fraction of sp³-hybridized carbons (Fsp3) is 0.562. The minimum Gasteiger partial charge on any atom is -0.291 e. The fourth-order valence-electron chi connectivity index (χ4n) is 3.44. The molecule has 1 aromatic rings. The zero-order chi connectivity index (χ0) is 15.1. The summed E-state index contributed by atoms with van der Waals surface area (Å²) in [6.07, 6.45) is 2.44. The summed E-state index contributed by atoms with van der Waals surface area (Å²) in [6, 6.07) is 3.72. The average Bonchev–Trinajstić information content (AvgIpc) is 3.13. The molecule has 1 aliphatic heterocycles. The van der Waals surface area contributed by atoms with Crippen LogP contribution in [-0.2, 0) is 16.0 Å². The van der Waals surface area contributed by atoms with Crippen LogP contribution in [-0.4, -0.2) is 29.0 Å². The predicted molar refractivity (Wildman–Crippen MR) is 80.1 cm³/mol. The second-order valence-corrected chi connectivity index (χ2v) is 7.26. The van der Waals surface area contributed by atoms with Crippen LogP contribution in [0.15, 0.2) is 12.1 Å². The van der Waals surface area contributed by atoms with E-state index < -0.39 is 0 Å². The van der Waals surface area contributed by atoms with Gasteiger partial charge in [0, 0.05) is 4.88 Å². The van der Waals surface area contributed by atoms with E-state index in [2.05, 4.69) is 6.92 Å². The lowest BCUT2D eigenvalue weighted by molar-refractivity contribution is -0.139. The molecular weight excluding hydrogens is 286 g/mol. The third-order valence-corrected chi connectivity index (χ3v) is 5.82. The van der Waals surface area contributed by atoms with Gasteiger partial charge in [0.25, 0.3) is 0 Å². The van der Waals surface area contributed by atoms with E-state index in [1.54, 1.807) is 6.07 Å². The normalized spacial score (nSPS) is 28.3. The summed E-state index contributed by atoms with van der Waals surface area (Å²) < 4.78 is 0. The molecule has 1 aromatic heterocycles. The largest absolute Gasteiger partial charge is 0.291 e. The first-order valence-corrected chi connectivity index (χ1v) is 8.30. The van der Waals surface area contributed by atoms with Crippen molar-refractivity contribution in [1.29, 1.82) is 0 Å². The Bertz CT molecular complexity index is 582. The number of thiophene rings is 1. The van der Waals surface area contributed by atoms with E-state index >= 15 is 0 Å². The number of likely N-dealkylation sites (tertiary alicyclic amines) is 1. The lowest BCUT2D eigenvalue weighted by Crippen LogP contribution is -2.36. The molecule has 1 saturated heterocycles. The van der Waals surface area contributed by atoms with Crippen LogP contribution < -0.4 is 0 Å². The number of carbonyl (C=O) groups is 3. The number of rotatable bonds is 4. The van der Waals surface area contributed by atoms with Crippen molar-refractivity contribution in [3.05, 3.63) is 21.9 Å². The highest BCUT2D eigenvalue weighted by Gasteiger charge is 2.51. The summed E-state index contributed by atoms with van der Waals surface area (Å²) >= 11 is 1.45. The van der Waals surface area contributed by atoms with Gasteiger partial charge in [0.05, 0.1) is 23.3 Å². The first-order chi connectivity index (χ1) is 10.0. The second-order valence-electron chi connectivity index (χ2n) is 6.09. The van der Waals surface area contributed by atoms with Gasteiger partial charge in [0.15, 0.2) is 5.78 Å². The molecule has 2 atom stereocenters. The number of imide groups is 1. The number of amides is 2. The summed E-state index contributed by atoms with van der Waals surface area (Å²) in [5, 5.41) is 0. The lowest BCUT2D eigenvalue weighted by Gasteiger charge is -2.15.